The van der Waals surface area contributed by atoms with Gasteiger partial charge in [0.2, 0.25) is 5.91 Å². The first-order valence-corrected chi connectivity index (χ1v) is 6.68. The van der Waals surface area contributed by atoms with Crippen LogP contribution in [0.2, 0.25) is 0 Å². The Morgan fingerprint density at radius 2 is 2.22 bits per heavy atom. The Morgan fingerprint density at radius 1 is 1.39 bits per heavy atom. The predicted molar refractivity (Wildman–Crippen MR) is 73.6 cm³/mol. The zero-order valence-corrected chi connectivity index (χ0v) is 10.5. The molecule has 96 valence electrons. The van der Waals surface area contributed by atoms with Gasteiger partial charge in [-0.25, -0.2) is 0 Å². The lowest BCUT2D eigenvalue weighted by Crippen LogP contribution is -2.05. The van der Waals surface area contributed by atoms with Crippen molar-refractivity contribution in [3.8, 4) is 0 Å². The van der Waals surface area contributed by atoms with Gasteiger partial charge in [0.25, 0.3) is 0 Å². The Labute approximate surface area is 107 Å². The fourth-order valence-corrected chi connectivity index (χ4v) is 2.47. The molecule has 1 aliphatic carbocycles. The van der Waals surface area contributed by atoms with E-state index in [0.29, 0.717) is 6.42 Å². The highest BCUT2D eigenvalue weighted by Crippen LogP contribution is 2.34. The van der Waals surface area contributed by atoms with Crippen LogP contribution in [0, 0.1) is 5.92 Å². The summed E-state index contributed by atoms with van der Waals surface area (Å²) in [7, 11) is 0. The number of hydrogen-bond acceptors (Lipinski definition) is 3. The SMILES string of the molecule is Nc1cc2c(cc1NCCCC1CC1)NC(=O)C2. The number of carbonyl (C=O) groups excluding carboxylic acids is 1. The van der Waals surface area contributed by atoms with Crippen LogP contribution in [0.5, 0.6) is 0 Å². The molecule has 0 atom stereocenters. The van der Waals surface area contributed by atoms with Gasteiger partial charge in [-0.3, -0.25) is 4.79 Å². The highest BCUT2D eigenvalue weighted by molar-refractivity contribution is 6.00. The zero-order valence-electron chi connectivity index (χ0n) is 10.5. The van der Waals surface area contributed by atoms with Gasteiger partial charge in [-0.1, -0.05) is 12.8 Å². The number of rotatable bonds is 5. The lowest BCUT2D eigenvalue weighted by molar-refractivity contribution is -0.115. The van der Waals surface area contributed by atoms with Gasteiger partial charge in [-0.15, -0.1) is 0 Å². The van der Waals surface area contributed by atoms with Gasteiger partial charge in [0.15, 0.2) is 0 Å². The summed E-state index contributed by atoms with van der Waals surface area (Å²) in [5.41, 5.74) is 9.56. The summed E-state index contributed by atoms with van der Waals surface area (Å²) in [5.74, 6) is 1.03. The molecule has 0 radical (unpaired) electrons. The van der Waals surface area contributed by atoms with Crippen LogP contribution in [0.3, 0.4) is 0 Å². The summed E-state index contributed by atoms with van der Waals surface area (Å²) in [5, 5.41) is 6.21. The molecule has 1 aromatic rings. The largest absolute Gasteiger partial charge is 0.397 e. The molecule has 3 rings (SSSR count). The van der Waals surface area contributed by atoms with E-state index in [2.05, 4.69) is 10.6 Å². The second kappa shape index (κ2) is 4.52. The number of carbonyl (C=O) groups is 1. The number of nitrogen functional groups attached to an aromatic ring is 1. The highest BCUT2D eigenvalue weighted by Gasteiger charge is 2.21. The van der Waals surface area contributed by atoms with Crippen molar-refractivity contribution in [3.63, 3.8) is 0 Å². The Morgan fingerprint density at radius 3 is 3.00 bits per heavy atom. The van der Waals surface area contributed by atoms with Crippen molar-refractivity contribution in [1.82, 2.24) is 0 Å². The first kappa shape index (κ1) is 11.4. The van der Waals surface area contributed by atoms with Crippen molar-refractivity contribution in [1.29, 1.82) is 0 Å². The molecule has 2 aliphatic rings. The van der Waals surface area contributed by atoms with E-state index in [1.165, 1.54) is 25.7 Å². The average molecular weight is 245 g/mol. The van der Waals surface area contributed by atoms with Crippen LogP contribution in [-0.4, -0.2) is 12.5 Å². The third-order valence-corrected chi connectivity index (χ3v) is 3.70. The lowest BCUT2D eigenvalue weighted by atomic mass is 10.1. The average Bonchev–Trinajstić information content (AvgIpc) is 3.07. The fraction of sp³-hybridized carbons (Fsp3) is 0.500. The van der Waals surface area contributed by atoms with E-state index >= 15 is 0 Å². The molecule has 4 nitrogen and oxygen atoms in total. The van der Waals surface area contributed by atoms with Gasteiger partial charge in [-0.05, 0) is 36.5 Å². The monoisotopic (exact) mass is 245 g/mol. The Kier molecular flexibility index (Phi) is 2.86. The first-order chi connectivity index (χ1) is 8.72. The summed E-state index contributed by atoms with van der Waals surface area (Å²) in [6.07, 6.45) is 5.77. The molecule has 18 heavy (non-hydrogen) atoms. The van der Waals surface area contributed by atoms with Crippen LogP contribution < -0.4 is 16.4 Å². The smallest absolute Gasteiger partial charge is 0.228 e. The molecule has 0 spiro atoms. The predicted octanol–water partition coefficient (Wildman–Crippen LogP) is 2.37. The number of benzene rings is 1. The molecule has 4 N–H and O–H groups in total. The molecular weight excluding hydrogens is 226 g/mol. The summed E-state index contributed by atoms with van der Waals surface area (Å²) in [4.78, 5) is 11.3. The minimum Gasteiger partial charge on any atom is -0.397 e. The van der Waals surface area contributed by atoms with Gasteiger partial charge < -0.3 is 16.4 Å². The van der Waals surface area contributed by atoms with Crippen LogP contribution in [0.4, 0.5) is 17.1 Å². The standard InChI is InChI=1S/C14H19N3O/c15-11-6-10-7-14(18)17-12(10)8-13(11)16-5-1-2-9-3-4-9/h6,8-9,16H,1-5,7,15H2,(H,17,18). The van der Waals surface area contributed by atoms with E-state index in [0.717, 1.165) is 35.1 Å². The quantitative estimate of drug-likeness (QED) is 0.551. The highest BCUT2D eigenvalue weighted by atomic mass is 16.1. The second-order valence-electron chi connectivity index (χ2n) is 5.33. The second-order valence-corrected chi connectivity index (χ2v) is 5.33. The normalized spacial score (nSPS) is 17.4. The minimum absolute atomic E-state index is 0.0512. The van der Waals surface area contributed by atoms with Gasteiger partial charge in [-0.2, -0.15) is 0 Å². The van der Waals surface area contributed by atoms with Crippen molar-refractivity contribution in [2.45, 2.75) is 32.1 Å². The van der Waals surface area contributed by atoms with E-state index in [9.17, 15) is 4.79 Å². The van der Waals surface area contributed by atoms with Crippen molar-refractivity contribution >= 4 is 23.0 Å². The van der Waals surface area contributed by atoms with Gasteiger partial charge in [0.1, 0.15) is 0 Å². The summed E-state index contributed by atoms with van der Waals surface area (Å²) < 4.78 is 0. The maximum absolute atomic E-state index is 11.3. The van der Waals surface area contributed by atoms with Crippen LogP contribution in [-0.2, 0) is 11.2 Å². The molecule has 0 saturated heterocycles. The van der Waals surface area contributed by atoms with Crippen molar-refractivity contribution in [3.05, 3.63) is 17.7 Å². The molecule has 1 aliphatic heterocycles. The Balaban J connectivity index is 1.61. The van der Waals surface area contributed by atoms with Gasteiger partial charge in [0, 0.05) is 12.2 Å². The number of fused-ring (bicyclic) bond motifs is 1. The zero-order chi connectivity index (χ0) is 12.5. The molecular formula is C14H19N3O. The number of nitrogens with two attached hydrogens (primary N) is 1. The molecule has 4 heteroatoms. The van der Waals surface area contributed by atoms with E-state index in [1.807, 2.05) is 12.1 Å². The third kappa shape index (κ3) is 2.42. The van der Waals surface area contributed by atoms with Crippen molar-refractivity contribution in [2.24, 2.45) is 5.92 Å². The van der Waals surface area contributed by atoms with Crippen LogP contribution in [0.1, 0.15) is 31.2 Å². The summed E-state index contributed by atoms with van der Waals surface area (Å²) >= 11 is 0. The van der Waals surface area contributed by atoms with Crippen molar-refractivity contribution < 1.29 is 4.79 Å². The molecule has 0 aromatic heterocycles. The molecule has 1 fully saturated rings. The lowest BCUT2D eigenvalue weighted by Gasteiger charge is -2.11. The molecule has 0 bridgehead atoms. The molecule has 0 unspecified atom stereocenters. The Hall–Kier alpha value is -1.71. The number of hydrogen-bond donors (Lipinski definition) is 3. The summed E-state index contributed by atoms with van der Waals surface area (Å²) in [6.45, 7) is 0.952. The van der Waals surface area contributed by atoms with Gasteiger partial charge >= 0.3 is 0 Å². The number of nitrogens with one attached hydrogen (secondary N) is 2. The maximum Gasteiger partial charge on any atom is 0.228 e. The van der Waals surface area contributed by atoms with E-state index < -0.39 is 0 Å². The number of amides is 1. The Bertz CT molecular complexity index is 480. The van der Waals surface area contributed by atoms with E-state index in [-0.39, 0.29) is 5.91 Å². The molecule has 1 saturated carbocycles. The van der Waals surface area contributed by atoms with Crippen LogP contribution in [0.15, 0.2) is 12.1 Å². The molecule has 1 aromatic carbocycles. The van der Waals surface area contributed by atoms with Crippen molar-refractivity contribution in [2.75, 3.05) is 22.9 Å². The van der Waals surface area contributed by atoms with Crippen LogP contribution in [0.25, 0.3) is 0 Å². The van der Waals surface area contributed by atoms with Crippen LogP contribution >= 0.6 is 0 Å². The third-order valence-electron chi connectivity index (χ3n) is 3.70. The fourth-order valence-electron chi connectivity index (χ4n) is 2.47. The van der Waals surface area contributed by atoms with E-state index in [4.69, 9.17) is 5.73 Å². The summed E-state index contributed by atoms with van der Waals surface area (Å²) in [6, 6.07) is 3.85. The topological polar surface area (TPSA) is 67.2 Å². The number of anilines is 3. The molecule has 1 heterocycles. The van der Waals surface area contributed by atoms with E-state index in [1.54, 1.807) is 0 Å². The maximum atomic E-state index is 11.3. The first-order valence-electron chi connectivity index (χ1n) is 6.68. The molecule has 1 amide bonds. The van der Waals surface area contributed by atoms with Gasteiger partial charge in [0.05, 0.1) is 17.8 Å². The minimum atomic E-state index is 0.0512.